The van der Waals surface area contributed by atoms with Crippen molar-refractivity contribution in [3.05, 3.63) is 0 Å². The molecule has 2 nitrogen and oxygen atoms in total. The van der Waals surface area contributed by atoms with Crippen molar-refractivity contribution in [3.8, 4) is 0 Å². The standard InChI is InChI=1S/C11H23BrO2/c1-3-13-9-5-7-11(12)8-6-10-14-4-2/h11H,3-10H2,1-2H3. The van der Waals surface area contributed by atoms with Crippen LogP contribution in [0.3, 0.4) is 0 Å². The predicted octanol–water partition coefficient (Wildman–Crippen LogP) is 3.38. The van der Waals surface area contributed by atoms with E-state index in [4.69, 9.17) is 9.47 Å². The van der Waals surface area contributed by atoms with Crippen molar-refractivity contribution >= 4 is 15.9 Å². The van der Waals surface area contributed by atoms with E-state index in [1.54, 1.807) is 0 Å². The van der Waals surface area contributed by atoms with Gasteiger partial charge in [0.2, 0.25) is 0 Å². The van der Waals surface area contributed by atoms with Gasteiger partial charge in [0, 0.05) is 31.3 Å². The van der Waals surface area contributed by atoms with Gasteiger partial charge < -0.3 is 9.47 Å². The Kier molecular flexibility index (Phi) is 11.8. The van der Waals surface area contributed by atoms with Crippen LogP contribution in [0, 0.1) is 0 Å². The maximum atomic E-state index is 5.28. The largest absolute Gasteiger partial charge is 0.382 e. The fourth-order valence-electron chi connectivity index (χ4n) is 1.25. The highest BCUT2D eigenvalue weighted by Gasteiger charge is 2.03. The quantitative estimate of drug-likeness (QED) is 0.446. The summed E-state index contributed by atoms with van der Waals surface area (Å²) in [6.07, 6.45) is 4.70. The van der Waals surface area contributed by atoms with Crippen molar-refractivity contribution in [1.29, 1.82) is 0 Å². The lowest BCUT2D eigenvalue weighted by molar-refractivity contribution is 0.138. The van der Waals surface area contributed by atoms with Gasteiger partial charge in [0.1, 0.15) is 0 Å². The molecule has 0 amide bonds. The van der Waals surface area contributed by atoms with Gasteiger partial charge in [-0.1, -0.05) is 15.9 Å². The summed E-state index contributed by atoms with van der Waals surface area (Å²) in [4.78, 5) is 0.628. The number of ether oxygens (including phenoxy) is 2. The molecule has 0 fully saturated rings. The van der Waals surface area contributed by atoms with E-state index in [1.165, 1.54) is 12.8 Å². The molecule has 0 aliphatic rings. The Balaban J connectivity index is 3.07. The fraction of sp³-hybridized carbons (Fsp3) is 1.00. The molecule has 0 aliphatic heterocycles. The molecule has 0 rings (SSSR count). The monoisotopic (exact) mass is 266 g/mol. The van der Waals surface area contributed by atoms with Crippen LogP contribution in [0.15, 0.2) is 0 Å². The lowest BCUT2D eigenvalue weighted by atomic mass is 10.1. The highest BCUT2D eigenvalue weighted by Crippen LogP contribution is 2.14. The van der Waals surface area contributed by atoms with Crippen molar-refractivity contribution in [3.63, 3.8) is 0 Å². The van der Waals surface area contributed by atoms with E-state index in [1.807, 2.05) is 13.8 Å². The maximum Gasteiger partial charge on any atom is 0.0466 e. The van der Waals surface area contributed by atoms with Gasteiger partial charge in [-0.3, -0.25) is 0 Å². The summed E-state index contributed by atoms with van der Waals surface area (Å²) >= 11 is 3.67. The van der Waals surface area contributed by atoms with Crippen molar-refractivity contribution < 1.29 is 9.47 Å². The van der Waals surface area contributed by atoms with E-state index < -0.39 is 0 Å². The Hall–Kier alpha value is 0.400. The van der Waals surface area contributed by atoms with Gasteiger partial charge in [0.15, 0.2) is 0 Å². The highest BCUT2D eigenvalue weighted by molar-refractivity contribution is 9.09. The molecular formula is C11H23BrO2. The average molecular weight is 267 g/mol. The van der Waals surface area contributed by atoms with Crippen LogP contribution in [0.4, 0.5) is 0 Å². The topological polar surface area (TPSA) is 18.5 Å². The average Bonchev–Trinajstić information content (AvgIpc) is 2.19. The van der Waals surface area contributed by atoms with Gasteiger partial charge >= 0.3 is 0 Å². The SMILES string of the molecule is CCOCCCC(Br)CCCOCC. The lowest BCUT2D eigenvalue weighted by Gasteiger charge is -2.09. The van der Waals surface area contributed by atoms with Crippen LogP contribution >= 0.6 is 15.9 Å². The Morgan fingerprint density at radius 1 is 0.929 bits per heavy atom. The molecule has 0 radical (unpaired) electrons. The molecule has 0 aromatic carbocycles. The zero-order valence-corrected chi connectivity index (χ0v) is 11.0. The van der Waals surface area contributed by atoms with Crippen LogP contribution in [-0.4, -0.2) is 31.3 Å². The third-order valence-corrected chi connectivity index (χ3v) is 2.94. The van der Waals surface area contributed by atoms with E-state index in [0.717, 1.165) is 39.3 Å². The van der Waals surface area contributed by atoms with E-state index in [9.17, 15) is 0 Å². The zero-order valence-electron chi connectivity index (χ0n) is 9.43. The van der Waals surface area contributed by atoms with E-state index in [-0.39, 0.29) is 0 Å². The molecule has 0 saturated heterocycles. The molecule has 0 bridgehead atoms. The van der Waals surface area contributed by atoms with Crippen LogP contribution in [-0.2, 0) is 9.47 Å². The van der Waals surface area contributed by atoms with Crippen LogP contribution < -0.4 is 0 Å². The summed E-state index contributed by atoms with van der Waals surface area (Å²) in [5.41, 5.74) is 0. The summed E-state index contributed by atoms with van der Waals surface area (Å²) in [5.74, 6) is 0. The molecule has 0 spiro atoms. The van der Waals surface area contributed by atoms with E-state index >= 15 is 0 Å². The van der Waals surface area contributed by atoms with Gasteiger partial charge in [0.05, 0.1) is 0 Å². The first kappa shape index (κ1) is 14.4. The number of alkyl halides is 1. The summed E-state index contributed by atoms with van der Waals surface area (Å²) < 4.78 is 10.6. The Morgan fingerprint density at radius 3 is 1.71 bits per heavy atom. The van der Waals surface area contributed by atoms with Crippen molar-refractivity contribution in [1.82, 2.24) is 0 Å². The maximum absolute atomic E-state index is 5.28. The van der Waals surface area contributed by atoms with Gasteiger partial charge in [-0.05, 0) is 39.5 Å². The number of rotatable bonds is 10. The Labute approximate surface area is 96.5 Å². The van der Waals surface area contributed by atoms with Gasteiger partial charge in [0.25, 0.3) is 0 Å². The second kappa shape index (κ2) is 11.5. The zero-order chi connectivity index (χ0) is 10.6. The molecular weight excluding hydrogens is 244 g/mol. The molecule has 0 aliphatic carbocycles. The summed E-state index contributed by atoms with van der Waals surface area (Å²) in [6, 6.07) is 0. The van der Waals surface area contributed by atoms with Crippen molar-refractivity contribution in [2.45, 2.75) is 44.4 Å². The van der Waals surface area contributed by atoms with Crippen LogP contribution in [0.2, 0.25) is 0 Å². The molecule has 0 unspecified atom stereocenters. The second-order valence-corrected chi connectivity index (χ2v) is 4.57. The molecule has 0 saturated carbocycles. The minimum absolute atomic E-state index is 0.628. The predicted molar refractivity (Wildman–Crippen MR) is 64.2 cm³/mol. The van der Waals surface area contributed by atoms with Gasteiger partial charge in [-0.2, -0.15) is 0 Å². The van der Waals surface area contributed by atoms with Gasteiger partial charge in [-0.25, -0.2) is 0 Å². The Bertz CT molecular complexity index is 97.5. The number of hydrogen-bond donors (Lipinski definition) is 0. The van der Waals surface area contributed by atoms with E-state index in [2.05, 4.69) is 15.9 Å². The highest BCUT2D eigenvalue weighted by atomic mass is 79.9. The third-order valence-electron chi connectivity index (χ3n) is 2.02. The number of halogens is 1. The summed E-state index contributed by atoms with van der Waals surface area (Å²) in [7, 11) is 0. The molecule has 3 heteroatoms. The molecule has 0 heterocycles. The number of hydrogen-bond acceptors (Lipinski definition) is 2. The van der Waals surface area contributed by atoms with Crippen LogP contribution in [0.25, 0.3) is 0 Å². The molecule has 0 N–H and O–H groups in total. The van der Waals surface area contributed by atoms with E-state index in [0.29, 0.717) is 4.83 Å². The van der Waals surface area contributed by atoms with Crippen molar-refractivity contribution in [2.24, 2.45) is 0 Å². The van der Waals surface area contributed by atoms with Gasteiger partial charge in [-0.15, -0.1) is 0 Å². The Morgan fingerprint density at radius 2 is 1.36 bits per heavy atom. The molecule has 86 valence electrons. The minimum Gasteiger partial charge on any atom is -0.382 e. The molecule has 0 aromatic rings. The normalized spacial score (nSPS) is 11.1. The second-order valence-electron chi connectivity index (χ2n) is 3.28. The first-order valence-corrected chi connectivity index (χ1v) is 6.52. The summed E-state index contributed by atoms with van der Waals surface area (Å²) in [6.45, 7) is 7.52. The van der Waals surface area contributed by atoms with Crippen molar-refractivity contribution in [2.75, 3.05) is 26.4 Å². The molecule has 0 aromatic heterocycles. The first-order valence-electron chi connectivity index (χ1n) is 5.60. The lowest BCUT2D eigenvalue weighted by Crippen LogP contribution is -2.03. The first-order chi connectivity index (χ1) is 6.81. The minimum atomic E-state index is 0.628. The van der Waals surface area contributed by atoms with Crippen LogP contribution in [0.1, 0.15) is 39.5 Å². The van der Waals surface area contributed by atoms with Crippen LogP contribution in [0.5, 0.6) is 0 Å². The summed E-state index contributed by atoms with van der Waals surface area (Å²) in [5, 5.41) is 0. The smallest absolute Gasteiger partial charge is 0.0466 e. The molecule has 14 heavy (non-hydrogen) atoms. The third kappa shape index (κ3) is 10.5. The molecule has 0 atom stereocenters. The fourth-order valence-corrected chi connectivity index (χ4v) is 1.89.